The maximum absolute atomic E-state index is 14.3. The second kappa shape index (κ2) is 9.51. The fourth-order valence-electron chi connectivity index (χ4n) is 2.96. The highest BCUT2D eigenvalue weighted by atomic mass is 32.1. The summed E-state index contributed by atoms with van der Waals surface area (Å²) in [6.45, 7) is -0.748. The van der Waals surface area contributed by atoms with E-state index >= 15 is 0 Å². The number of hydrogen-bond donors (Lipinski definition) is 1. The van der Waals surface area contributed by atoms with Crippen molar-refractivity contribution in [3.8, 4) is 22.8 Å². The van der Waals surface area contributed by atoms with Crippen molar-refractivity contribution in [3.05, 3.63) is 63.5 Å². The number of aromatic nitrogens is 1. The van der Waals surface area contributed by atoms with E-state index < -0.39 is 41.0 Å². The minimum absolute atomic E-state index is 0.0891. The maximum Gasteiger partial charge on any atom is 0.426 e. The predicted molar refractivity (Wildman–Crippen MR) is 106 cm³/mol. The molecule has 32 heavy (non-hydrogen) atoms. The van der Waals surface area contributed by atoms with E-state index in [1.807, 2.05) is 0 Å². The van der Waals surface area contributed by atoms with Crippen molar-refractivity contribution < 1.29 is 41.3 Å². The minimum atomic E-state index is -4.70. The van der Waals surface area contributed by atoms with Crippen LogP contribution in [0.25, 0.3) is 11.1 Å². The molecule has 0 spiro atoms. The third-order valence-corrected chi connectivity index (χ3v) is 5.52. The number of alkyl halides is 3. The van der Waals surface area contributed by atoms with E-state index in [9.17, 15) is 26.7 Å². The number of benzene rings is 1. The average Bonchev–Trinajstić information content (AvgIpc) is 3.16. The molecule has 3 rings (SSSR count). The first-order chi connectivity index (χ1) is 15.1. The Kier molecular flexibility index (Phi) is 6.97. The highest BCUT2D eigenvalue weighted by Gasteiger charge is 2.37. The van der Waals surface area contributed by atoms with Crippen LogP contribution in [0.4, 0.5) is 22.0 Å². The van der Waals surface area contributed by atoms with Gasteiger partial charge in [0.15, 0.2) is 17.4 Å². The number of rotatable bonds is 8. The Hall–Kier alpha value is -3.21. The van der Waals surface area contributed by atoms with Gasteiger partial charge in [0.1, 0.15) is 11.5 Å². The highest BCUT2D eigenvalue weighted by Crippen LogP contribution is 2.42. The van der Waals surface area contributed by atoms with Crippen molar-refractivity contribution in [3.63, 3.8) is 0 Å². The van der Waals surface area contributed by atoms with Gasteiger partial charge in [0.05, 0.1) is 7.11 Å². The van der Waals surface area contributed by atoms with Gasteiger partial charge in [-0.15, -0.1) is 11.3 Å². The molecule has 0 aliphatic rings. The molecule has 0 aliphatic carbocycles. The number of carboxylic acid groups (broad SMARTS) is 1. The summed E-state index contributed by atoms with van der Waals surface area (Å²) >= 11 is 0.436. The van der Waals surface area contributed by atoms with E-state index in [0.29, 0.717) is 16.9 Å². The highest BCUT2D eigenvalue weighted by molar-refractivity contribution is 7.10. The molecule has 1 aromatic carbocycles. The zero-order chi connectivity index (χ0) is 23.5. The molecular formula is C21H16F5NO4S. The Bertz CT molecular complexity index is 1090. The molecule has 0 atom stereocenters. The number of thiophene rings is 1. The fraction of sp³-hybridized carbons (Fsp3) is 0.238. The molecule has 0 unspecified atom stereocenters. The maximum atomic E-state index is 14.3. The summed E-state index contributed by atoms with van der Waals surface area (Å²) in [5.74, 6) is -3.99. The van der Waals surface area contributed by atoms with Gasteiger partial charge in [-0.2, -0.15) is 13.2 Å². The van der Waals surface area contributed by atoms with E-state index in [4.69, 9.17) is 14.6 Å². The lowest BCUT2D eigenvalue weighted by atomic mass is 10.0. The van der Waals surface area contributed by atoms with Gasteiger partial charge in [-0.05, 0) is 35.6 Å². The molecule has 0 fully saturated rings. The van der Waals surface area contributed by atoms with Gasteiger partial charge in [0, 0.05) is 35.4 Å². The van der Waals surface area contributed by atoms with Gasteiger partial charge in [0.25, 0.3) is 0 Å². The largest absolute Gasteiger partial charge is 0.483 e. The topological polar surface area (TPSA) is 68.7 Å². The molecule has 0 amide bonds. The second-order valence-electron chi connectivity index (χ2n) is 6.62. The summed E-state index contributed by atoms with van der Waals surface area (Å²) in [5, 5.41) is 9.95. The number of methoxy groups -OCH3 is 1. The molecule has 0 saturated heterocycles. The van der Waals surface area contributed by atoms with E-state index in [-0.39, 0.29) is 35.4 Å². The van der Waals surface area contributed by atoms with Crippen molar-refractivity contribution >= 4 is 17.3 Å². The summed E-state index contributed by atoms with van der Waals surface area (Å²) in [5.41, 5.74) is 0.312. The molecule has 2 heterocycles. The van der Waals surface area contributed by atoms with Crippen molar-refractivity contribution in [1.82, 2.24) is 4.98 Å². The molecular weight excluding hydrogens is 457 g/mol. The number of ether oxygens (including phenoxy) is 2. The monoisotopic (exact) mass is 473 g/mol. The molecule has 2 aromatic heterocycles. The number of nitrogens with zero attached hydrogens (tertiary/aromatic N) is 1. The van der Waals surface area contributed by atoms with Crippen LogP contribution in [0.2, 0.25) is 0 Å². The van der Waals surface area contributed by atoms with Crippen LogP contribution < -0.4 is 9.47 Å². The SMILES string of the molecule is COc1ccc(-c2csc(C(F)(F)F)c2COc2c(F)cc(CCC(=O)O)cc2F)cn1. The lowest BCUT2D eigenvalue weighted by Gasteiger charge is -2.14. The van der Waals surface area contributed by atoms with E-state index in [2.05, 4.69) is 4.98 Å². The molecule has 1 N–H and O–H groups in total. The number of halogens is 5. The molecule has 0 saturated carbocycles. The zero-order valence-corrected chi connectivity index (χ0v) is 17.3. The Morgan fingerprint density at radius 2 is 1.88 bits per heavy atom. The summed E-state index contributed by atoms with van der Waals surface area (Å²) < 4.78 is 79.3. The quantitative estimate of drug-likeness (QED) is 0.425. The van der Waals surface area contributed by atoms with Crippen molar-refractivity contribution in [2.24, 2.45) is 0 Å². The number of aliphatic carboxylic acids is 1. The number of aryl methyl sites for hydroxylation is 1. The minimum Gasteiger partial charge on any atom is -0.483 e. The molecule has 0 aliphatic heterocycles. The van der Waals surface area contributed by atoms with Crippen LogP contribution in [0.3, 0.4) is 0 Å². The third-order valence-electron chi connectivity index (χ3n) is 4.45. The van der Waals surface area contributed by atoms with Crippen LogP contribution in [0.15, 0.2) is 35.8 Å². The zero-order valence-electron chi connectivity index (χ0n) is 16.5. The predicted octanol–water partition coefficient (Wildman–Crippen LogP) is 5.71. The van der Waals surface area contributed by atoms with Crippen LogP contribution in [-0.2, 0) is 24.0 Å². The first kappa shape index (κ1) is 23.5. The smallest absolute Gasteiger partial charge is 0.426 e. The number of carbonyl (C=O) groups is 1. The second-order valence-corrected chi connectivity index (χ2v) is 7.49. The molecule has 3 aromatic rings. The molecule has 11 heteroatoms. The van der Waals surface area contributed by atoms with Crippen LogP contribution in [0.1, 0.15) is 22.4 Å². The number of hydrogen-bond acceptors (Lipinski definition) is 5. The van der Waals surface area contributed by atoms with Gasteiger partial charge in [0.2, 0.25) is 5.88 Å². The fourth-order valence-corrected chi connectivity index (χ4v) is 3.92. The Morgan fingerprint density at radius 1 is 1.19 bits per heavy atom. The van der Waals surface area contributed by atoms with Crippen LogP contribution >= 0.6 is 11.3 Å². The normalized spacial score (nSPS) is 11.4. The van der Waals surface area contributed by atoms with E-state index in [0.717, 1.165) is 12.1 Å². The van der Waals surface area contributed by atoms with Gasteiger partial charge in [-0.1, -0.05) is 0 Å². The van der Waals surface area contributed by atoms with Crippen molar-refractivity contribution in [2.45, 2.75) is 25.6 Å². The Morgan fingerprint density at radius 3 is 2.41 bits per heavy atom. The van der Waals surface area contributed by atoms with Gasteiger partial charge < -0.3 is 14.6 Å². The third kappa shape index (κ3) is 5.34. The van der Waals surface area contributed by atoms with Crippen molar-refractivity contribution in [2.75, 3.05) is 7.11 Å². The van der Waals surface area contributed by atoms with E-state index in [1.165, 1.54) is 30.8 Å². The lowest BCUT2D eigenvalue weighted by Crippen LogP contribution is -2.09. The molecule has 0 radical (unpaired) electrons. The van der Waals surface area contributed by atoms with Gasteiger partial charge >= 0.3 is 12.1 Å². The summed E-state index contributed by atoms with van der Waals surface area (Å²) in [6, 6.07) is 4.78. The first-order valence-corrected chi connectivity index (χ1v) is 9.98. The van der Waals surface area contributed by atoms with E-state index in [1.54, 1.807) is 0 Å². The average molecular weight is 473 g/mol. The summed E-state index contributed by atoms with van der Waals surface area (Å²) in [7, 11) is 1.39. The van der Waals surface area contributed by atoms with Crippen LogP contribution in [-0.4, -0.2) is 23.2 Å². The Balaban J connectivity index is 1.91. The molecule has 5 nitrogen and oxygen atoms in total. The lowest BCUT2D eigenvalue weighted by molar-refractivity contribution is -0.137. The van der Waals surface area contributed by atoms with Gasteiger partial charge in [-0.3, -0.25) is 4.79 Å². The van der Waals surface area contributed by atoms with Gasteiger partial charge in [-0.25, -0.2) is 13.8 Å². The van der Waals surface area contributed by atoms with Crippen LogP contribution in [0, 0.1) is 11.6 Å². The Labute approximate surface area is 183 Å². The standard InChI is InChI=1S/C21H16F5NO4S/c1-30-17-4-3-12(8-27-17)14-10-32-20(21(24,25)26)13(14)9-31-19-15(22)6-11(7-16(19)23)2-5-18(28)29/h3-4,6-8,10H,2,5,9H2,1H3,(H,28,29). The molecule has 0 bridgehead atoms. The van der Waals surface area contributed by atoms with Crippen LogP contribution in [0.5, 0.6) is 11.6 Å². The van der Waals surface area contributed by atoms with Crippen molar-refractivity contribution in [1.29, 1.82) is 0 Å². The molecule has 170 valence electrons. The number of carboxylic acids is 1. The summed E-state index contributed by atoms with van der Waals surface area (Å²) in [4.78, 5) is 13.6. The number of pyridine rings is 1. The first-order valence-electron chi connectivity index (χ1n) is 9.10. The summed E-state index contributed by atoms with van der Waals surface area (Å²) in [6.07, 6.45) is -3.81.